The molecule has 4 nitrogen and oxygen atoms in total. The second-order valence-electron chi connectivity index (χ2n) is 6.27. The van der Waals surface area contributed by atoms with Crippen molar-refractivity contribution in [1.82, 2.24) is 9.88 Å². The average Bonchev–Trinajstić information content (AvgIpc) is 2.98. The molecule has 1 aromatic heterocycles. The number of thioether (sulfide) groups is 1. The summed E-state index contributed by atoms with van der Waals surface area (Å²) < 4.78 is 19.8. The van der Waals surface area contributed by atoms with Gasteiger partial charge in [0, 0.05) is 31.5 Å². The molecule has 0 N–H and O–H groups in total. The number of benzene rings is 1. The number of likely N-dealkylation sites (tertiary alicyclic amines) is 1. The fourth-order valence-electron chi connectivity index (χ4n) is 3.31. The van der Waals surface area contributed by atoms with Gasteiger partial charge in [0.05, 0.1) is 16.5 Å². The first-order valence-corrected chi connectivity index (χ1v) is 8.88. The van der Waals surface area contributed by atoms with Crippen LogP contribution in [0.1, 0.15) is 16.8 Å². The minimum Gasteiger partial charge on any atom is -0.488 e. The Balaban J connectivity index is 1.36. The smallest absolute Gasteiger partial charge is 0.256 e. The van der Waals surface area contributed by atoms with Gasteiger partial charge >= 0.3 is 0 Å². The summed E-state index contributed by atoms with van der Waals surface area (Å²) >= 11 is 1.85. The molecule has 124 valence electrons. The molecule has 0 bridgehead atoms. The molecule has 2 aliphatic heterocycles. The van der Waals surface area contributed by atoms with E-state index in [1.54, 1.807) is 35.5 Å². The molecule has 0 aliphatic carbocycles. The molecule has 2 aliphatic rings. The molecule has 1 spiro atoms. The van der Waals surface area contributed by atoms with E-state index in [-0.39, 0.29) is 22.3 Å². The Hall–Kier alpha value is -2.08. The fraction of sp³-hybridized carbons (Fsp3) is 0.333. The Morgan fingerprint density at radius 3 is 2.88 bits per heavy atom. The van der Waals surface area contributed by atoms with Crippen LogP contribution >= 0.6 is 11.8 Å². The number of hydrogen-bond donors (Lipinski definition) is 0. The number of halogens is 1. The lowest BCUT2D eigenvalue weighted by molar-refractivity contribution is 0.0513. The van der Waals surface area contributed by atoms with E-state index in [0.717, 1.165) is 17.9 Å². The molecule has 1 atom stereocenters. The molecule has 24 heavy (non-hydrogen) atoms. The third-order valence-electron chi connectivity index (χ3n) is 4.46. The number of ether oxygens (including phenoxy) is 1. The maximum Gasteiger partial charge on any atom is 0.256 e. The highest BCUT2D eigenvalue weighted by Gasteiger charge is 2.51. The lowest BCUT2D eigenvalue weighted by Gasteiger charge is -2.47. The predicted molar refractivity (Wildman–Crippen MR) is 90.8 cm³/mol. The minimum atomic E-state index is -0.458. The van der Waals surface area contributed by atoms with Crippen LogP contribution in [0.25, 0.3) is 0 Å². The normalized spacial score (nSPS) is 21.5. The lowest BCUT2D eigenvalue weighted by atomic mass is 9.92. The zero-order valence-electron chi connectivity index (χ0n) is 13.0. The number of carbonyl (C=O) groups excluding carboxylic acids is 1. The Kier molecular flexibility index (Phi) is 3.92. The first-order chi connectivity index (χ1) is 11.7. The minimum absolute atomic E-state index is 0.0494. The summed E-state index contributed by atoms with van der Waals surface area (Å²) in [5.74, 6) is 0.992. The Bertz CT molecular complexity index is 750. The van der Waals surface area contributed by atoms with E-state index in [9.17, 15) is 9.18 Å². The van der Waals surface area contributed by atoms with Gasteiger partial charge in [0.2, 0.25) is 0 Å². The van der Waals surface area contributed by atoms with Crippen molar-refractivity contribution in [3.05, 3.63) is 60.2 Å². The van der Waals surface area contributed by atoms with Crippen molar-refractivity contribution in [2.45, 2.75) is 17.3 Å². The highest BCUT2D eigenvalue weighted by molar-refractivity contribution is 8.01. The first kappa shape index (κ1) is 15.4. The van der Waals surface area contributed by atoms with Gasteiger partial charge in [-0.2, -0.15) is 0 Å². The SMILES string of the molecule is O=C(c1ccccc1F)N1CC2(CC(Oc3cccnc3)CS2)C1. The molecule has 2 fully saturated rings. The molecule has 3 heterocycles. The van der Waals surface area contributed by atoms with Crippen molar-refractivity contribution in [3.8, 4) is 5.75 Å². The van der Waals surface area contributed by atoms with Crippen molar-refractivity contribution in [1.29, 1.82) is 0 Å². The Morgan fingerprint density at radius 1 is 1.29 bits per heavy atom. The lowest BCUT2D eigenvalue weighted by Crippen LogP contribution is -2.60. The van der Waals surface area contributed by atoms with Gasteiger partial charge in [0.25, 0.3) is 5.91 Å². The molecule has 6 heteroatoms. The second-order valence-corrected chi connectivity index (χ2v) is 7.76. The molecule has 1 aromatic carbocycles. The molecule has 0 saturated carbocycles. The quantitative estimate of drug-likeness (QED) is 0.858. The van der Waals surface area contributed by atoms with Crippen LogP contribution in [-0.2, 0) is 0 Å². The zero-order valence-corrected chi connectivity index (χ0v) is 13.8. The van der Waals surface area contributed by atoms with E-state index in [1.807, 2.05) is 23.9 Å². The van der Waals surface area contributed by atoms with Crippen LogP contribution in [0.5, 0.6) is 5.75 Å². The standard InChI is InChI=1S/C18H17FN2O2S/c19-16-6-2-1-5-15(16)17(22)21-11-18(12-21)8-14(10-24-18)23-13-4-3-7-20-9-13/h1-7,9,14H,8,10-12H2. The van der Waals surface area contributed by atoms with E-state index in [2.05, 4.69) is 4.98 Å². The summed E-state index contributed by atoms with van der Waals surface area (Å²) in [6.07, 6.45) is 4.46. The van der Waals surface area contributed by atoms with Gasteiger partial charge in [-0.1, -0.05) is 12.1 Å². The monoisotopic (exact) mass is 344 g/mol. The van der Waals surface area contributed by atoms with Crippen molar-refractivity contribution in [2.75, 3.05) is 18.8 Å². The molecule has 0 radical (unpaired) electrons. The van der Waals surface area contributed by atoms with Gasteiger partial charge in [-0.15, -0.1) is 11.8 Å². The summed E-state index contributed by atoms with van der Waals surface area (Å²) in [7, 11) is 0. The topological polar surface area (TPSA) is 42.4 Å². The van der Waals surface area contributed by atoms with Crippen molar-refractivity contribution >= 4 is 17.7 Å². The maximum absolute atomic E-state index is 13.8. The van der Waals surface area contributed by atoms with Crippen LogP contribution in [0.2, 0.25) is 0 Å². The maximum atomic E-state index is 13.8. The number of pyridine rings is 1. The third-order valence-corrected chi connectivity index (χ3v) is 6.04. The van der Waals surface area contributed by atoms with Crippen LogP contribution in [0.4, 0.5) is 4.39 Å². The second kappa shape index (κ2) is 6.09. The Labute approximate surface area is 144 Å². The first-order valence-electron chi connectivity index (χ1n) is 7.90. The van der Waals surface area contributed by atoms with E-state index in [0.29, 0.717) is 13.1 Å². The average molecular weight is 344 g/mol. The van der Waals surface area contributed by atoms with Crippen molar-refractivity contribution < 1.29 is 13.9 Å². The summed E-state index contributed by atoms with van der Waals surface area (Å²) in [5.41, 5.74) is 0.151. The van der Waals surface area contributed by atoms with E-state index < -0.39 is 5.82 Å². The summed E-state index contributed by atoms with van der Waals surface area (Å²) in [6.45, 7) is 1.30. The van der Waals surface area contributed by atoms with Crippen LogP contribution in [0.15, 0.2) is 48.8 Å². The van der Waals surface area contributed by atoms with Gasteiger partial charge in [0.15, 0.2) is 0 Å². The summed E-state index contributed by atoms with van der Waals surface area (Å²) in [6, 6.07) is 9.90. The number of hydrogen-bond acceptors (Lipinski definition) is 4. The highest BCUT2D eigenvalue weighted by Crippen LogP contribution is 2.46. The van der Waals surface area contributed by atoms with Crippen LogP contribution < -0.4 is 4.74 Å². The van der Waals surface area contributed by atoms with Crippen LogP contribution in [-0.4, -0.2) is 45.5 Å². The van der Waals surface area contributed by atoms with Crippen LogP contribution in [0, 0.1) is 5.82 Å². The van der Waals surface area contributed by atoms with E-state index in [4.69, 9.17) is 4.74 Å². The van der Waals surface area contributed by atoms with Gasteiger partial charge in [-0.25, -0.2) is 4.39 Å². The number of carbonyl (C=O) groups is 1. The van der Waals surface area contributed by atoms with Crippen molar-refractivity contribution in [3.63, 3.8) is 0 Å². The van der Waals surface area contributed by atoms with Gasteiger partial charge < -0.3 is 9.64 Å². The molecule has 1 amide bonds. The van der Waals surface area contributed by atoms with E-state index >= 15 is 0 Å². The largest absolute Gasteiger partial charge is 0.488 e. The van der Waals surface area contributed by atoms with Crippen LogP contribution in [0.3, 0.4) is 0 Å². The van der Waals surface area contributed by atoms with E-state index in [1.165, 1.54) is 6.07 Å². The predicted octanol–water partition coefficient (Wildman–Crippen LogP) is 3.00. The number of amides is 1. The number of rotatable bonds is 3. The molecule has 2 aromatic rings. The number of aromatic nitrogens is 1. The van der Waals surface area contributed by atoms with Gasteiger partial charge in [0.1, 0.15) is 17.7 Å². The molecule has 4 rings (SSSR count). The third kappa shape index (κ3) is 2.86. The zero-order chi connectivity index (χ0) is 16.6. The molecular weight excluding hydrogens is 327 g/mol. The summed E-state index contributed by atoms with van der Waals surface area (Å²) in [4.78, 5) is 18.2. The molecule has 2 saturated heterocycles. The fourth-order valence-corrected chi connectivity index (χ4v) is 4.83. The van der Waals surface area contributed by atoms with Gasteiger partial charge in [-0.3, -0.25) is 9.78 Å². The Morgan fingerprint density at radius 2 is 2.12 bits per heavy atom. The summed E-state index contributed by atoms with van der Waals surface area (Å²) in [5, 5.41) is 0. The molecular formula is C18H17FN2O2S. The number of nitrogens with zero attached hydrogens (tertiary/aromatic N) is 2. The van der Waals surface area contributed by atoms with Gasteiger partial charge in [-0.05, 0) is 24.3 Å². The highest BCUT2D eigenvalue weighted by atomic mass is 32.2. The van der Waals surface area contributed by atoms with Crippen molar-refractivity contribution in [2.24, 2.45) is 0 Å². The molecule has 1 unspecified atom stereocenters.